The van der Waals surface area contributed by atoms with E-state index >= 15 is 0 Å². The number of rotatable bonds is 21. The second kappa shape index (κ2) is 21.5. The maximum Gasteiger partial charge on any atom is 0.246 e. The molecule has 1 aromatic rings. The predicted molar refractivity (Wildman–Crippen MR) is 206 cm³/mol. The van der Waals surface area contributed by atoms with E-state index in [1.807, 2.05) is 65.0 Å². The molecule has 0 fully saturated rings. The van der Waals surface area contributed by atoms with Gasteiger partial charge in [-0.1, -0.05) is 111 Å². The van der Waals surface area contributed by atoms with E-state index in [1.54, 1.807) is 34.9 Å². The Morgan fingerprint density at radius 2 is 1.17 bits per heavy atom. The van der Waals surface area contributed by atoms with Crippen LogP contribution >= 0.6 is 0 Å². The predicted octanol–water partition coefficient (Wildman–Crippen LogP) is 4.10. The fourth-order valence-electron chi connectivity index (χ4n) is 6.70. The number of unbranched alkanes of at least 4 members (excludes halogenated alkanes) is 3. The third kappa shape index (κ3) is 12.6. The largest absolute Gasteiger partial charge is 0.368 e. The van der Waals surface area contributed by atoms with Crippen LogP contribution in [-0.4, -0.2) is 113 Å². The number of carbonyl (C=O) groups excluding carboxylic acids is 6. The van der Waals surface area contributed by atoms with Gasteiger partial charge in [0.2, 0.25) is 35.4 Å². The zero-order valence-corrected chi connectivity index (χ0v) is 34.1. The molecule has 0 spiro atoms. The van der Waals surface area contributed by atoms with E-state index in [0.29, 0.717) is 0 Å². The van der Waals surface area contributed by atoms with Crippen molar-refractivity contribution in [3.05, 3.63) is 35.9 Å². The van der Waals surface area contributed by atoms with Crippen LogP contribution in [0.4, 0.5) is 0 Å². The molecule has 52 heavy (non-hydrogen) atoms. The summed E-state index contributed by atoms with van der Waals surface area (Å²) in [4.78, 5) is 87.0. The van der Waals surface area contributed by atoms with Gasteiger partial charge in [-0.15, -0.1) is 0 Å². The minimum Gasteiger partial charge on any atom is -0.368 e. The maximum absolute atomic E-state index is 14.1. The Hall–Kier alpha value is -3.96. The van der Waals surface area contributed by atoms with Crippen LogP contribution in [0.25, 0.3) is 0 Å². The lowest BCUT2D eigenvalue weighted by molar-refractivity contribution is -0.152. The number of hydrogen-bond acceptors (Lipinski definition) is 6. The lowest BCUT2D eigenvalue weighted by atomic mass is 9.94. The maximum atomic E-state index is 14.1. The van der Waals surface area contributed by atoms with Gasteiger partial charge in [-0.25, -0.2) is 0 Å². The summed E-state index contributed by atoms with van der Waals surface area (Å²) in [6.45, 7) is 16.6. The zero-order chi connectivity index (χ0) is 40.0. The monoisotopic (exact) mass is 729 g/mol. The molecule has 6 atom stereocenters. The lowest BCUT2D eigenvalue weighted by Gasteiger charge is -2.39. The smallest absolute Gasteiger partial charge is 0.246 e. The second-order valence-electron chi connectivity index (χ2n) is 15.4. The van der Waals surface area contributed by atoms with Crippen molar-refractivity contribution in [2.45, 2.75) is 131 Å². The van der Waals surface area contributed by atoms with Gasteiger partial charge in [0.15, 0.2) is 0 Å². The summed E-state index contributed by atoms with van der Waals surface area (Å²) in [6.07, 6.45) is 5.19. The van der Waals surface area contributed by atoms with Crippen LogP contribution in [0.1, 0.15) is 100.0 Å². The van der Waals surface area contributed by atoms with E-state index in [0.717, 1.165) is 37.7 Å². The van der Waals surface area contributed by atoms with Gasteiger partial charge in [0.1, 0.15) is 30.2 Å². The molecule has 1 rings (SSSR count). The van der Waals surface area contributed by atoms with E-state index < -0.39 is 53.8 Å². The number of nitrogens with one attached hydrogen (secondary N) is 1. The van der Waals surface area contributed by atoms with Gasteiger partial charge in [-0.3, -0.25) is 28.8 Å². The molecular formula is C40H68N6O6. The number of primary amides is 1. The van der Waals surface area contributed by atoms with E-state index in [-0.39, 0.29) is 41.9 Å². The van der Waals surface area contributed by atoms with Gasteiger partial charge < -0.3 is 30.7 Å². The SMILES string of the molecule is CCCCCC[C@@H](C)C(=O)N(C)[C@H](C(=O)N(C)[C@H](C(=O)N[C@H](C(=O)N(C)[C@@H](C)C(=O)N(C)[C@@H](Cc1ccccc1)C(N)=O)C(C)C)C(C)C)C(C)C. The summed E-state index contributed by atoms with van der Waals surface area (Å²) < 4.78 is 0. The van der Waals surface area contributed by atoms with Gasteiger partial charge in [-0.05, 0) is 36.7 Å². The number of nitrogens with two attached hydrogens (primary N) is 1. The molecule has 0 radical (unpaired) electrons. The summed E-state index contributed by atoms with van der Waals surface area (Å²) in [5, 5.41) is 2.88. The molecule has 0 bridgehead atoms. The fraction of sp³-hybridized carbons (Fsp3) is 0.700. The average molecular weight is 729 g/mol. The molecular weight excluding hydrogens is 660 g/mol. The first-order valence-corrected chi connectivity index (χ1v) is 18.9. The summed E-state index contributed by atoms with van der Waals surface area (Å²) >= 11 is 0. The number of hydrogen-bond donors (Lipinski definition) is 2. The third-order valence-electron chi connectivity index (χ3n) is 10.2. The van der Waals surface area contributed by atoms with Crippen molar-refractivity contribution in [1.29, 1.82) is 0 Å². The van der Waals surface area contributed by atoms with Crippen molar-refractivity contribution in [3.8, 4) is 0 Å². The highest BCUT2D eigenvalue weighted by molar-refractivity contribution is 5.96. The standard InChI is InChI=1S/C40H68N6O6/c1-14-15-16-18-21-28(8)37(49)46(13)34(27(6)7)40(52)45(12)33(26(4)5)36(48)42-32(25(2)3)39(51)43(10)29(9)38(50)44(11)31(35(41)47)24-30-22-19-17-20-23-30/h17,19-20,22-23,25-29,31-34H,14-16,18,21,24H2,1-13H3,(H2,41,47)(H,42,48)/t28-,29+,31+,32+,33+,34+/m1/s1. The first-order valence-electron chi connectivity index (χ1n) is 18.9. The molecule has 0 aliphatic heterocycles. The molecule has 12 heteroatoms. The van der Waals surface area contributed by atoms with Gasteiger partial charge in [0.05, 0.1) is 0 Å². The highest BCUT2D eigenvalue weighted by Gasteiger charge is 2.41. The number of likely N-dealkylation sites (N-methyl/N-ethyl adjacent to an activating group) is 4. The Kier molecular flexibility index (Phi) is 19.1. The summed E-state index contributed by atoms with van der Waals surface area (Å²) in [6, 6.07) is 4.56. The Morgan fingerprint density at radius 3 is 1.65 bits per heavy atom. The zero-order valence-electron chi connectivity index (χ0n) is 34.1. The third-order valence-corrected chi connectivity index (χ3v) is 10.2. The molecule has 0 unspecified atom stereocenters. The van der Waals surface area contributed by atoms with E-state index in [2.05, 4.69) is 12.2 Å². The molecule has 12 nitrogen and oxygen atoms in total. The molecule has 1 aromatic carbocycles. The summed E-state index contributed by atoms with van der Waals surface area (Å²) in [5.74, 6) is -3.77. The quantitative estimate of drug-likeness (QED) is 0.182. The molecule has 6 amide bonds. The van der Waals surface area contributed by atoms with Gasteiger partial charge in [0.25, 0.3) is 0 Å². The van der Waals surface area contributed by atoms with Crippen LogP contribution in [0.5, 0.6) is 0 Å². The van der Waals surface area contributed by atoms with Crippen molar-refractivity contribution in [2.24, 2.45) is 29.4 Å². The molecule has 3 N–H and O–H groups in total. The minimum absolute atomic E-state index is 0.104. The van der Waals surface area contributed by atoms with Crippen molar-refractivity contribution in [1.82, 2.24) is 24.9 Å². The van der Waals surface area contributed by atoms with Crippen molar-refractivity contribution < 1.29 is 28.8 Å². The molecule has 0 aliphatic carbocycles. The van der Waals surface area contributed by atoms with Crippen LogP contribution in [0.15, 0.2) is 30.3 Å². The summed E-state index contributed by atoms with van der Waals surface area (Å²) in [7, 11) is 6.19. The minimum atomic E-state index is -1.02. The number of amides is 6. The lowest BCUT2D eigenvalue weighted by Crippen LogP contribution is -2.61. The Morgan fingerprint density at radius 1 is 0.635 bits per heavy atom. The van der Waals surface area contributed by atoms with Crippen molar-refractivity contribution in [2.75, 3.05) is 28.2 Å². The highest BCUT2D eigenvalue weighted by Crippen LogP contribution is 2.22. The summed E-state index contributed by atoms with van der Waals surface area (Å²) in [5.41, 5.74) is 6.53. The van der Waals surface area contributed by atoms with Crippen LogP contribution in [-0.2, 0) is 35.2 Å². The van der Waals surface area contributed by atoms with Crippen molar-refractivity contribution in [3.63, 3.8) is 0 Å². The van der Waals surface area contributed by atoms with E-state index in [9.17, 15) is 28.8 Å². The van der Waals surface area contributed by atoms with Crippen molar-refractivity contribution >= 4 is 35.4 Å². The number of nitrogens with zero attached hydrogens (tertiary/aromatic N) is 4. The van der Waals surface area contributed by atoms with Gasteiger partial charge in [0, 0.05) is 40.5 Å². The van der Waals surface area contributed by atoms with Crippen LogP contribution < -0.4 is 11.1 Å². The first-order chi connectivity index (χ1) is 24.2. The topological polar surface area (TPSA) is 153 Å². The van der Waals surface area contributed by atoms with Crippen LogP contribution in [0.2, 0.25) is 0 Å². The molecule has 0 aliphatic rings. The average Bonchev–Trinajstić information content (AvgIpc) is 3.09. The normalized spacial score (nSPS) is 14.9. The number of benzene rings is 1. The van der Waals surface area contributed by atoms with E-state index in [4.69, 9.17) is 5.73 Å². The number of carbonyl (C=O) groups is 6. The second-order valence-corrected chi connectivity index (χ2v) is 15.4. The Bertz CT molecular complexity index is 1330. The molecule has 0 aromatic heterocycles. The highest BCUT2D eigenvalue weighted by atomic mass is 16.2. The first kappa shape index (κ1) is 46.1. The van der Waals surface area contributed by atoms with Crippen LogP contribution in [0.3, 0.4) is 0 Å². The van der Waals surface area contributed by atoms with E-state index in [1.165, 1.54) is 33.7 Å². The molecule has 294 valence electrons. The Labute approximate surface area is 313 Å². The molecule has 0 saturated carbocycles. The Balaban J connectivity index is 3.20. The molecule has 0 saturated heterocycles. The van der Waals surface area contributed by atoms with Crippen LogP contribution in [0, 0.1) is 23.7 Å². The van der Waals surface area contributed by atoms with Gasteiger partial charge >= 0.3 is 0 Å². The fourth-order valence-corrected chi connectivity index (χ4v) is 6.70. The van der Waals surface area contributed by atoms with Gasteiger partial charge in [-0.2, -0.15) is 0 Å². The molecule has 0 heterocycles.